The number of benzene rings is 1. The van der Waals surface area contributed by atoms with E-state index in [1.54, 1.807) is 20.8 Å². The molecule has 0 amide bonds. The Morgan fingerprint density at radius 2 is 1.78 bits per heavy atom. The topological polar surface area (TPSA) is 55.1 Å². The minimum absolute atomic E-state index is 0.0212. The number of alkyl halides is 3. The summed E-state index contributed by atoms with van der Waals surface area (Å²) in [5.41, 5.74) is -1.73. The molecule has 0 fully saturated rings. The lowest BCUT2D eigenvalue weighted by Gasteiger charge is -2.20. The largest absolute Gasteiger partial charge is 0.476 e. The van der Waals surface area contributed by atoms with Crippen molar-refractivity contribution in [2.45, 2.75) is 32.4 Å². The summed E-state index contributed by atoms with van der Waals surface area (Å²) in [4.78, 5) is 11.1. The molecule has 1 aromatic heterocycles. The molecule has 124 valence electrons. The molecule has 0 aliphatic rings. The summed E-state index contributed by atoms with van der Waals surface area (Å²) in [7, 11) is 0. The number of nitrogens with zero attached hydrogens (tertiary/aromatic N) is 2. The Kier molecular flexibility index (Phi) is 3.96. The number of aromatic carboxylic acids is 1. The molecule has 1 aromatic carbocycles. The standard InChI is InChI=1S/C15H14F4N2O2/c1-14(2,3)12-7-11(13(22)23)20-21(12)8-4-5-9(10(16)6-8)15(17,18)19/h4-7H,1-3H3,(H,22,23). The first-order valence-corrected chi connectivity index (χ1v) is 6.62. The van der Waals surface area contributed by atoms with Gasteiger partial charge in [0, 0.05) is 11.5 Å². The van der Waals surface area contributed by atoms with Crippen molar-refractivity contribution in [3.63, 3.8) is 0 Å². The molecule has 0 spiro atoms. The van der Waals surface area contributed by atoms with E-state index in [9.17, 15) is 22.4 Å². The van der Waals surface area contributed by atoms with Crippen molar-refractivity contribution in [2.24, 2.45) is 0 Å². The van der Waals surface area contributed by atoms with Gasteiger partial charge in [0.15, 0.2) is 5.69 Å². The molecule has 2 rings (SSSR count). The zero-order chi connectivity index (χ0) is 17.6. The van der Waals surface area contributed by atoms with Crippen LogP contribution in [-0.4, -0.2) is 20.9 Å². The maximum absolute atomic E-state index is 13.7. The Hall–Kier alpha value is -2.38. The van der Waals surface area contributed by atoms with Crippen LogP contribution in [0.15, 0.2) is 24.3 Å². The predicted molar refractivity (Wildman–Crippen MR) is 74.2 cm³/mol. The highest BCUT2D eigenvalue weighted by molar-refractivity contribution is 5.85. The fraction of sp³-hybridized carbons (Fsp3) is 0.333. The maximum atomic E-state index is 13.7. The van der Waals surface area contributed by atoms with E-state index in [1.807, 2.05) is 0 Å². The molecule has 0 saturated heterocycles. The SMILES string of the molecule is CC(C)(C)c1cc(C(=O)O)nn1-c1ccc(C(F)(F)F)c(F)c1. The first kappa shape index (κ1) is 17.0. The zero-order valence-electron chi connectivity index (χ0n) is 12.6. The van der Waals surface area contributed by atoms with Gasteiger partial charge in [0.2, 0.25) is 0 Å². The van der Waals surface area contributed by atoms with E-state index >= 15 is 0 Å². The number of carbonyl (C=O) groups is 1. The summed E-state index contributed by atoms with van der Waals surface area (Å²) in [6.07, 6.45) is -4.80. The van der Waals surface area contributed by atoms with E-state index in [-0.39, 0.29) is 11.4 Å². The van der Waals surface area contributed by atoms with Crippen LogP contribution >= 0.6 is 0 Å². The third-order valence-corrected chi connectivity index (χ3v) is 3.20. The Labute approximate surface area is 129 Å². The highest BCUT2D eigenvalue weighted by Crippen LogP contribution is 2.33. The van der Waals surface area contributed by atoms with E-state index in [4.69, 9.17) is 5.11 Å². The first-order valence-electron chi connectivity index (χ1n) is 6.62. The van der Waals surface area contributed by atoms with Crippen LogP contribution in [0.2, 0.25) is 0 Å². The van der Waals surface area contributed by atoms with Gasteiger partial charge in [0.05, 0.1) is 16.9 Å². The average molecular weight is 330 g/mol. The fourth-order valence-corrected chi connectivity index (χ4v) is 2.08. The molecule has 0 aliphatic carbocycles. The van der Waals surface area contributed by atoms with Crippen molar-refractivity contribution in [3.8, 4) is 5.69 Å². The number of carboxylic acid groups (broad SMARTS) is 1. The molecular formula is C15H14F4N2O2. The van der Waals surface area contributed by atoms with Gasteiger partial charge in [-0.1, -0.05) is 20.8 Å². The van der Waals surface area contributed by atoms with Crippen molar-refractivity contribution >= 4 is 5.97 Å². The van der Waals surface area contributed by atoms with Gasteiger partial charge in [0.25, 0.3) is 0 Å². The maximum Gasteiger partial charge on any atom is 0.419 e. The summed E-state index contributed by atoms with van der Waals surface area (Å²) in [5.74, 6) is -2.72. The average Bonchev–Trinajstić information content (AvgIpc) is 2.81. The molecule has 0 unspecified atom stereocenters. The zero-order valence-corrected chi connectivity index (χ0v) is 12.6. The summed E-state index contributed by atoms with van der Waals surface area (Å²) < 4.78 is 52.8. The highest BCUT2D eigenvalue weighted by atomic mass is 19.4. The molecule has 0 aliphatic heterocycles. The van der Waals surface area contributed by atoms with Gasteiger partial charge in [-0.15, -0.1) is 0 Å². The Bertz CT molecular complexity index is 758. The number of hydrogen-bond acceptors (Lipinski definition) is 2. The lowest BCUT2D eigenvalue weighted by molar-refractivity contribution is -0.140. The van der Waals surface area contributed by atoms with Crippen LogP contribution in [0.25, 0.3) is 5.69 Å². The van der Waals surface area contributed by atoms with Crippen molar-refractivity contribution in [1.29, 1.82) is 0 Å². The van der Waals surface area contributed by atoms with Crippen molar-refractivity contribution in [2.75, 3.05) is 0 Å². The van der Waals surface area contributed by atoms with Gasteiger partial charge in [-0.05, 0) is 18.2 Å². The first-order chi connectivity index (χ1) is 10.4. The van der Waals surface area contributed by atoms with Crippen molar-refractivity contribution in [1.82, 2.24) is 9.78 Å². The monoisotopic (exact) mass is 330 g/mol. The predicted octanol–water partition coefficient (Wildman–Crippen LogP) is 4.03. The van der Waals surface area contributed by atoms with Crippen LogP contribution in [-0.2, 0) is 11.6 Å². The van der Waals surface area contributed by atoms with Crippen LogP contribution in [0.3, 0.4) is 0 Å². The minimum Gasteiger partial charge on any atom is -0.476 e. The quantitative estimate of drug-likeness (QED) is 0.846. The summed E-state index contributed by atoms with van der Waals surface area (Å²) >= 11 is 0. The molecule has 0 bridgehead atoms. The Morgan fingerprint density at radius 1 is 1.17 bits per heavy atom. The number of rotatable bonds is 2. The molecule has 2 aromatic rings. The van der Waals surface area contributed by atoms with Gasteiger partial charge < -0.3 is 5.11 Å². The number of carboxylic acids is 1. The Morgan fingerprint density at radius 3 is 2.22 bits per heavy atom. The molecule has 0 atom stereocenters. The lowest BCUT2D eigenvalue weighted by Crippen LogP contribution is -2.18. The van der Waals surface area contributed by atoms with Crippen LogP contribution < -0.4 is 0 Å². The molecule has 23 heavy (non-hydrogen) atoms. The van der Waals surface area contributed by atoms with Gasteiger partial charge in [-0.25, -0.2) is 13.9 Å². The normalized spacial score (nSPS) is 12.5. The molecule has 8 heteroatoms. The van der Waals surface area contributed by atoms with Gasteiger partial charge in [-0.2, -0.15) is 18.3 Å². The minimum atomic E-state index is -4.80. The van der Waals surface area contributed by atoms with Crippen LogP contribution in [0.5, 0.6) is 0 Å². The van der Waals surface area contributed by atoms with E-state index in [2.05, 4.69) is 5.10 Å². The number of hydrogen-bond donors (Lipinski definition) is 1. The molecule has 0 saturated carbocycles. The second-order valence-electron chi connectivity index (χ2n) is 6.04. The lowest BCUT2D eigenvalue weighted by atomic mass is 9.91. The molecule has 1 N–H and O–H groups in total. The summed E-state index contributed by atoms with van der Waals surface area (Å²) in [6.45, 7) is 5.35. The third kappa shape index (κ3) is 3.35. The molecule has 0 radical (unpaired) electrons. The van der Waals surface area contributed by atoms with Crippen molar-refractivity contribution in [3.05, 3.63) is 47.0 Å². The van der Waals surface area contributed by atoms with E-state index in [1.165, 1.54) is 6.07 Å². The third-order valence-electron chi connectivity index (χ3n) is 3.20. The van der Waals surface area contributed by atoms with Crippen molar-refractivity contribution < 1.29 is 27.5 Å². The van der Waals surface area contributed by atoms with Gasteiger partial charge in [-0.3, -0.25) is 0 Å². The van der Waals surface area contributed by atoms with E-state index in [0.717, 1.165) is 10.7 Å². The number of aromatic nitrogens is 2. The van der Waals surface area contributed by atoms with Gasteiger partial charge in [0.1, 0.15) is 5.82 Å². The van der Waals surface area contributed by atoms with Crippen LogP contribution in [0, 0.1) is 5.82 Å². The number of halogens is 4. The molecule has 1 heterocycles. The molecular weight excluding hydrogens is 316 g/mol. The van der Waals surface area contributed by atoms with Gasteiger partial charge >= 0.3 is 12.1 Å². The Balaban J connectivity index is 2.62. The van der Waals surface area contributed by atoms with E-state index < -0.39 is 28.9 Å². The molecule has 4 nitrogen and oxygen atoms in total. The van der Waals surface area contributed by atoms with Crippen LogP contribution in [0.4, 0.5) is 17.6 Å². The van der Waals surface area contributed by atoms with Crippen LogP contribution in [0.1, 0.15) is 42.5 Å². The highest BCUT2D eigenvalue weighted by Gasteiger charge is 2.34. The smallest absolute Gasteiger partial charge is 0.419 e. The second-order valence-corrected chi connectivity index (χ2v) is 6.04. The second kappa shape index (κ2) is 5.36. The summed E-state index contributed by atoms with van der Waals surface area (Å²) in [6, 6.07) is 3.67. The van der Waals surface area contributed by atoms with E-state index in [0.29, 0.717) is 17.8 Å². The summed E-state index contributed by atoms with van der Waals surface area (Å²) in [5, 5.41) is 12.9. The fourth-order valence-electron chi connectivity index (χ4n) is 2.08.